The number of amides is 1. The zero-order chi connectivity index (χ0) is 16.1. The summed E-state index contributed by atoms with van der Waals surface area (Å²) in [6, 6.07) is 3.21. The molecule has 1 N–H and O–H groups in total. The van der Waals surface area contributed by atoms with E-state index in [-0.39, 0.29) is 23.4 Å². The van der Waals surface area contributed by atoms with Crippen molar-refractivity contribution in [2.75, 3.05) is 7.05 Å². The number of benzene rings is 1. The number of carbonyl (C=O) groups is 1. The van der Waals surface area contributed by atoms with Crippen LogP contribution in [0.1, 0.15) is 32.1 Å². The lowest BCUT2D eigenvalue weighted by molar-refractivity contribution is -0.386. The summed E-state index contributed by atoms with van der Waals surface area (Å²) in [5.41, 5.74) is -0.228. The highest BCUT2D eigenvalue weighted by Gasteiger charge is 2.26. The van der Waals surface area contributed by atoms with Gasteiger partial charge in [0.1, 0.15) is 5.82 Å². The van der Waals surface area contributed by atoms with Crippen LogP contribution in [0.5, 0.6) is 5.75 Å². The second-order valence-corrected chi connectivity index (χ2v) is 5.51. The van der Waals surface area contributed by atoms with Gasteiger partial charge in [0.25, 0.3) is 0 Å². The molecule has 0 aliphatic heterocycles. The Morgan fingerprint density at radius 1 is 1.41 bits per heavy atom. The minimum atomic E-state index is -0.577. The molecule has 1 amide bonds. The average Bonchev–Trinajstić information content (AvgIpc) is 2.49. The SMILES string of the molecule is CNC(=O)CC1CCC(Oc2cc(F)ccc2[N+](=O)[O-])CC1. The van der Waals surface area contributed by atoms with E-state index in [0.717, 1.165) is 31.0 Å². The van der Waals surface area contributed by atoms with Gasteiger partial charge in [0.2, 0.25) is 5.91 Å². The molecule has 0 heterocycles. The molecular formula is C15H19FN2O4. The van der Waals surface area contributed by atoms with Crippen molar-refractivity contribution < 1.29 is 18.8 Å². The molecule has 7 heteroatoms. The maximum Gasteiger partial charge on any atom is 0.311 e. The van der Waals surface area contributed by atoms with E-state index in [9.17, 15) is 19.3 Å². The fourth-order valence-corrected chi connectivity index (χ4v) is 2.73. The molecule has 1 fully saturated rings. The molecule has 0 aromatic heterocycles. The van der Waals surface area contributed by atoms with Crippen LogP contribution in [0.25, 0.3) is 0 Å². The minimum Gasteiger partial charge on any atom is -0.483 e. The zero-order valence-corrected chi connectivity index (χ0v) is 12.4. The number of carbonyl (C=O) groups excluding carboxylic acids is 1. The molecule has 0 atom stereocenters. The third kappa shape index (κ3) is 4.16. The van der Waals surface area contributed by atoms with Crippen LogP contribution in [0.3, 0.4) is 0 Å². The van der Waals surface area contributed by atoms with E-state index in [1.54, 1.807) is 7.05 Å². The van der Waals surface area contributed by atoms with E-state index in [4.69, 9.17) is 4.74 Å². The lowest BCUT2D eigenvalue weighted by atomic mass is 9.85. The summed E-state index contributed by atoms with van der Waals surface area (Å²) < 4.78 is 18.9. The van der Waals surface area contributed by atoms with Crippen molar-refractivity contribution in [1.29, 1.82) is 0 Å². The molecular weight excluding hydrogens is 291 g/mol. The number of rotatable bonds is 5. The largest absolute Gasteiger partial charge is 0.483 e. The highest BCUT2D eigenvalue weighted by Crippen LogP contribution is 2.33. The van der Waals surface area contributed by atoms with E-state index in [2.05, 4.69) is 5.32 Å². The summed E-state index contributed by atoms with van der Waals surface area (Å²) in [6.45, 7) is 0. The molecule has 0 saturated heterocycles. The van der Waals surface area contributed by atoms with Gasteiger partial charge in [0, 0.05) is 25.6 Å². The Morgan fingerprint density at radius 2 is 2.09 bits per heavy atom. The molecule has 1 aromatic rings. The van der Waals surface area contributed by atoms with E-state index in [0.29, 0.717) is 25.2 Å². The molecule has 0 bridgehead atoms. The topological polar surface area (TPSA) is 81.5 Å². The number of halogens is 1. The van der Waals surface area contributed by atoms with Gasteiger partial charge in [-0.1, -0.05) is 0 Å². The van der Waals surface area contributed by atoms with Gasteiger partial charge in [-0.15, -0.1) is 0 Å². The first kappa shape index (κ1) is 16.2. The van der Waals surface area contributed by atoms with Crippen molar-refractivity contribution in [2.45, 2.75) is 38.2 Å². The Bertz CT molecular complexity index is 556. The van der Waals surface area contributed by atoms with Crippen molar-refractivity contribution in [3.63, 3.8) is 0 Å². The third-order valence-corrected chi connectivity index (χ3v) is 3.96. The van der Waals surface area contributed by atoms with Crippen molar-refractivity contribution in [1.82, 2.24) is 5.32 Å². The highest BCUT2D eigenvalue weighted by atomic mass is 19.1. The van der Waals surface area contributed by atoms with Crippen LogP contribution in [0.15, 0.2) is 18.2 Å². The van der Waals surface area contributed by atoms with Crippen LogP contribution in [0.4, 0.5) is 10.1 Å². The summed E-state index contributed by atoms with van der Waals surface area (Å²) in [6.07, 6.45) is 3.36. The second kappa shape index (κ2) is 7.20. The number of hydrogen-bond donors (Lipinski definition) is 1. The van der Waals surface area contributed by atoms with Crippen molar-refractivity contribution in [3.8, 4) is 5.75 Å². The minimum absolute atomic E-state index is 0.0186. The Labute approximate surface area is 127 Å². The van der Waals surface area contributed by atoms with Gasteiger partial charge in [-0.2, -0.15) is 0 Å². The van der Waals surface area contributed by atoms with Gasteiger partial charge < -0.3 is 10.1 Å². The van der Waals surface area contributed by atoms with Crippen molar-refractivity contribution in [2.24, 2.45) is 5.92 Å². The standard InChI is InChI=1S/C15H19FN2O4/c1-17-15(19)8-10-2-5-12(6-3-10)22-14-9-11(16)4-7-13(14)18(20)21/h4,7,9-10,12H,2-3,5-6,8H2,1H3,(H,17,19). The number of nitrogens with zero attached hydrogens (tertiary/aromatic N) is 1. The zero-order valence-electron chi connectivity index (χ0n) is 12.4. The van der Waals surface area contributed by atoms with Crippen LogP contribution >= 0.6 is 0 Å². The maximum atomic E-state index is 13.3. The third-order valence-electron chi connectivity index (χ3n) is 3.96. The predicted molar refractivity (Wildman–Crippen MR) is 78.1 cm³/mol. The summed E-state index contributed by atoms with van der Waals surface area (Å²) in [5.74, 6) is -0.263. The van der Waals surface area contributed by atoms with E-state index in [1.807, 2.05) is 0 Å². The fraction of sp³-hybridized carbons (Fsp3) is 0.533. The Kier molecular flexibility index (Phi) is 5.30. The molecule has 1 aliphatic rings. The summed E-state index contributed by atoms with van der Waals surface area (Å²) >= 11 is 0. The number of ether oxygens (including phenoxy) is 1. The van der Waals surface area contributed by atoms with Crippen LogP contribution in [-0.4, -0.2) is 24.0 Å². The molecule has 0 unspecified atom stereocenters. The second-order valence-electron chi connectivity index (χ2n) is 5.51. The van der Waals surface area contributed by atoms with E-state index >= 15 is 0 Å². The number of nitro benzene ring substituents is 1. The van der Waals surface area contributed by atoms with E-state index in [1.165, 1.54) is 0 Å². The number of nitrogens with one attached hydrogen (secondary N) is 1. The quantitative estimate of drug-likeness (QED) is 0.669. The number of nitro groups is 1. The first-order chi connectivity index (χ1) is 10.5. The maximum absolute atomic E-state index is 13.3. The Morgan fingerprint density at radius 3 is 2.68 bits per heavy atom. The lowest BCUT2D eigenvalue weighted by Crippen LogP contribution is -2.28. The normalized spacial score (nSPS) is 21.2. The van der Waals surface area contributed by atoms with Gasteiger partial charge in [0.05, 0.1) is 11.0 Å². The van der Waals surface area contributed by atoms with Crippen molar-refractivity contribution in [3.05, 3.63) is 34.1 Å². The molecule has 1 saturated carbocycles. The Hall–Kier alpha value is -2.18. The first-order valence-electron chi connectivity index (χ1n) is 7.30. The molecule has 1 aromatic carbocycles. The fourth-order valence-electron chi connectivity index (χ4n) is 2.73. The molecule has 120 valence electrons. The first-order valence-corrected chi connectivity index (χ1v) is 7.30. The van der Waals surface area contributed by atoms with Gasteiger partial charge in [0.15, 0.2) is 5.75 Å². The molecule has 0 radical (unpaired) electrons. The van der Waals surface area contributed by atoms with Crippen molar-refractivity contribution >= 4 is 11.6 Å². The molecule has 6 nitrogen and oxygen atoms in total. The van der Waals surface area contributed by atoms with Crippen LogP contribution in [0, 0.1) is 21.8 Å². The molecule has 2 rings (SSSR count). The smallest absolute Gasteiger partial charge is 0.311 e. The Balaban J connectivity index is 1.95. The molecule has 0 spiro atoms. The summed E-state index contributed by atoms with van der Waals surface area (Å²) in [5, 5.41) is 13.5. The lowest BCUT2D eigenvalue weighted by Gasteiger charge is -2.28. The summed E-state index contributed by atoms with van der Waals surface area (Å²) in [4.78, 5) is 21.7. The molecule has 22 heavy (non-hydrogen) atoms. The predicted octanol–water partition coefficient (Wildman–Crippen LogP) is 2.81. The number of hydrogen-bond acceptors (Lipinski definition) is 4. The van der Waals surface area contributed by atoms with E-state index < -0.39 is 10.7 Å². The monoisotopic (exact) mass is 310 g/mol. The summed E-state index contributed by atoms with van der Waals surface area (Å²) in [7, 11) is 1.61. The van der Waals surface area contributed by atoms with Gasteiger partial charge in [-0.05, 0) is 37.7 Å². The highest BCUT2D eigenvalue weighted by molar-refractivity contribution is 5.75. The van der Waals surface area contributed by atoms with Gasteiger partial charge in [-0.3, -0.25) is 14.9 Å². The molecule has 1 aliphatic carbocycles. The van der Waals surface area contributed by atoms with Crippen LogP contribution in [-0.2, 0) is 4.79 Å². The van der Waals surface area contributed by atoms with Gasteiger partial charge >= 0.3 is 5.69 Å². The van der Waals surface area contributed by atoms with Crippen LogP contribution < -0.4 is 10.1 Å². The van der Waals surface area contributed by atoms with Gasteiger partial charge in [-0.25, -0.2) is 4.39 Å². The average molecular weight is 310 g/mol. The van der Waals surface area contributed by atoms with Crippen LogP contribution in [0.2, 0.25) is 0 Å².